The van der Waals surface area contributed by atoms with Crippen LogP contribution in [0.4, 0.5) is 0 Å². The summed E-state index contributed by atoms with van der Waals surface area (Å²) in [4.78, 5) is 12.7. The average Bonchev–Trinajstić information content (AvgIpc) is 2.73. The zero-order valence-electron chi connectivity index (χ0n) is 16.0. The molecule has 0 spiro atoms. The van der Waals surface area contributed by atoms with Crippen molar-refractivity contribution in [3.63, 3.8) is 0 Å². The third-order valence-corrected chi connectivity index (χ3v) is 6.54. The molecule has 0 saturated heterocycles. The molecule has 2 aliphatic rings. The molecule has 1 aliphatic carbocycles. The number of carbonyl (C=O) groups is 1. The van der Waals surface area contributed by atoms with Gasteiger partial charge in [-0.1, -0.05) is 18.2 Å². The number of nitrogens with two attached hydrogens (primary N) is 1. The van der Waals surface area contributed by atoms with Crippen molar-refractivity contribution in [2.45, 2.75) is 31.8 Å². The van der Waals surface area contributed by atoms with Crippen LogP contribution >= 0.6 is 38.5 Å². The van der Waals surface area contributed by atoms with Crippen LogP contribution in [-0.2, 0) is 16.1 Å². The predicted molar refractivity (Wildman–Crippen MR) is 124 cm³/mol. The van der Waals surface area contributed by atoms with Gasteiger partial charge in [0.1, 0.15) is 29.8 Å². The maximum Gasteiger partial charge on any atom is 0.205 e. The first-order valence-corrected chi connectivity index (χ1v) is 11.4. The number of benzene rings is 2. The quantitative estimate of drug-likeness (QED) is 0.489. The fourth-order valence-electron chi connectivity index (χ4n) is 3.75. The molecule has 0 saturated carbocycles. The van der Waals surface area contributed by atoms with Crippen molar-refractivity contribution in [3.8, 4) is 11.8 Å². The lowest BCUT2D eigenvalue weighted by molar-refractivity contribution is -0.116. The second-order valence-corrected chi connectivity index (χ2v) is 9.24. The number of nitrogens with zero attached hydrogens (tertiary/aromatic N) is 1. The highest BCUT2D eigenvalue weighted by atomic mass is 127. The minimum atomic E-state index is -0.520. The minimum absolute atomic E-state index is 0.0108. The van der Waals surface area contributed by atoms with Crippen LogP contribution in [0.1, 0.15) is 36.3 Å². The topological polar surface area (TPSA) is 85.3 Å². The fraction of sp³-hybridized carbons (Fsp3) is 0.217. The number of allylic oxidation sites excluding steroid dienone is 3. The van der Waals surface area contributed by atoms with Crippen LogP contribution in [0.25, 0.3) is 0 Å². The van der Waals surface area contributed by atoms with E-state index in [0.717, 1.165) is 22.0 Å². The molecule has 0 radical (unpaired) electrons. The minimum Gasteiger partial charge on any atom is -0.488 e. The molecule has 0 unspecified atom stereocenters. The van der Waals surface area contributed by atoms with Gasteiger partial charge in [0.15, 0.2) is 5.78 Å². The maximum atomic E-state index is 12.7. The van der Waals surface area contributed by atoms with E-state index in [1.54, 1.807) is 0 Å². The number of ether oxygens (including phenoxy) is 2. The van der Waals surface area contributed by atoms with E-state index in [2.05, 4.69) is 44.6 Å². The Labute approximate surface area is 196 Å². The molecule has 4 rings (SSSR count). The van der Waals surface area contributed by atoms with Gasteiger partial charge in [0.25, 0.3) is 0 Å². The zero-order valence-corrected chi connectivity index (χ0v) is 19.7. The first-order chi connectivity index (χ1) is 14.5. The summed E-state index contributed by atoms with van der Waals surface area (Å²) in [6, 6.07) is 15.9. The highest BCUT2D eigenvalue weighted by Gasteiger charge is 2.38. The van der Waals surface area contributed by atoms with Crippen molar-refractivity contribution < 1.29 is 14.3 Å². The molecular formula is C23H18BrIN2O3. The van der Waals surface area contributed by atoms with Crippen LogP contribution in [0.5, 0.6) is 5.75 Å². The predicted octanol–water partition coefficient (Wildman–Crippen LogP) is 5.45. The van der Waals surface area contributed by atoms with Gasteiger partial charge in [-0.05, 0) is 80.3 Å². The number of ketones is 1. The Morgan fingerprint density at radius 2 is 2.00 bits per heavy atom. The van der Waals surface area contributed by atoms with Crippen molar-refractivity contribution in [3.05, 3.63) is 84.4 Å². The van der Waals surface area contributed by atoms with Gasteiger partial charge in [-0.2, -0.15) is 5.26 Å². The lowest BCUT2D eigenvalue weighted by Crippen LogP contribution is -2.27. The molecule has 1 heterocycles. The third kappa shape index (κ3) is 4.12. The first-order valence-electron chi connectivity index (χ1n) is 9.48. The molecule has 1 atom stereocenters. The van der Waals surface area contributed by atoms with E-state index < -0.39 is 5.92 Å². The largest absolute Gasteiger partial charge is 0.488 e. The average molecular weight is 577 g/mol. The maximum absolute atomic E-state index is 12.7. The smallest absolute Gasteiger partial charge is 0.205 e. The molecule has 2 aromatic rings. The Morgan fingerprint density at radius 3 is 2.70 bits per heavy atom. The van der Waals surface area contributed by atoms with Crippen molar-refractivity contribution in [1.82, 2.24) is 0 Å². The van der Waals surface area contributed by atoms with E-state index in [1.165, 1.54) is 3.57 Å². The molecule has 5 nitrogen and oxygen atoms in total. The Bertz CT molecular complexity index is 1120. The van der Waals surface area contributed by atoms with Gasteiger partial charge >= 0.3 is 0 Å². The number of hydrogen-bond donors (Lipinski definition) is 1. The molecule has 152 valence electrons. The standard InChI is InChI=1S/C23H18BrIN2O3/c24-17-10-14(6-9-19(17)29-12-13-4-7-15(25)8-5-13)21-16(11-26)23(27)30-20-3-1-2-18(28)22(20)21/h4-10,21H,1-3,12,27H2/t21-/m0/s1. The lowest BCUT2D eigenvalue weighted by Gasteiger charge is -2.31. The van der Waals surface area contributed by atoms with Gasteiger partial charge < -0.3 is 15.2 Å². The van der Waals surface area contributed by atoms with Crippen molar-refractivity contribution >= 4 is 44.3 Å². The molecule has 2 aromatic carbocycles. The second-order valence-electron chi connectivity index (χ2n) is 7.14. The monoisotopic (exact) mass is 576 g/mol. The van der Waals surface area contributed by atoms with Crippen molar-refractivity contribution in [2.24, 2.45) is 5.73 Å². The van der Waals surface area contributed by atoms with Crippen molar-refractivity contribution in [2.75, 3.05) is 0 Å². The van der Waals surface area contributed by atoms with Crippen LogP contribution in [0, 0.1) is 14.9 Å². The summed E-state index contributed by atoms with van der Waals surface area (Å²) in [5.74, 6) is 0.836. The normalized spacial score (nSPS) is 18.6. The van der Waals surface area contributed by atoms with Crippen molar-refractivity contribution in [1.29, 1.82) is 5.26 Å². The first kappa shape index (κ1) is 20.9. The molecule has 1 aliphatic heterocycles. The molecule has 2 N–H and O–H groups in total. The number of hydrogen-bond acceptors (Lipinski definition) is 5. The summed E-state index contributed by atoms with van der Waals surface area (Å²) in [5.41, 5.74) is 8.70. The molecular weight excluding hydrogens is 559 g/mol. The van der Waals surface area contributed by atoms with Crippen LogP contribution < -0.4 is 10.5 Å². The second kappa shape index (κ2) is 8.82. The number of Topliss-reactive ketones (excluding diaryl/α,β-unsaturated/α-hetero) is 1. The van der Waals surface area contributed by atoms with Crippen LogP contribution in [0.3, 0.4) is 0 Å². The molecule has 0 bridgehead atoms. The summed E-state index contributed by atoms with van der Waals surface area (Å²) in [5, 5.41) is 9.68. The highest BCUT2D eigenvalue weighted by Crippen LogP contribution is 2.44. The number of rotatable bonds is 4. The molecule has 0 amide bonds. The van der Waals surface area contributed by atoms with Crippen LogP contribution in [0.2, 0.25) is 0 Å². The van der Waals surface area contributed by atoms with Gasteiger partial charge in [-0.3, -0.25) is 4.79 Å². The highest BCUT2D eigenvalue weighted by molar-refractivity contribution is 14.1. The SMILES string of the molecule is N#CC1=C(N)OC2=C(C(=O)CCC2)[C@H]1c1ccc(OCc2ccc(I)cc2)c(Br)c1. The van der Waals surface area contributed by atoms with E-state index in [9.17, 15) is 10.1 Å². The summed E-state index contributed by atoms with van der Waals surface area (Å²) in [6.07, 6.45) is 1.83. The number of nitriles is 1. The van der Waals surface area contributed by atoms with Gasteiger partial charge in [0, 0.05) is 22.0 Å². The number of halogens is 2. The molecule has 0 fully saturated rings. The molecule has 30 heavy (non-hydrogen) atoms. The molecule has 7 heteroatoms. The third-order valence-electron chi connectivity index (χ3n) is 5.20. The summed E-state index contributed by atoms with van der Waals surface area (Å²) < 4.78 is 13.5. The van der Waals surface area contributed by atoms with Gasteiger partial charge in [-0.25, -0.2) is 0 Å². The van der Waals surface area contributed by atoms with E-state index in [4.69, 9.17) is 15.2 Å². The van der Waals surface area contributed by atoms with E-state index in [1.807, 2.05) is 42.5 Å². The zero-order chi connectivity index (χ0) is 21.3. The van der Waals surface area contributed by atoms with Crippen LogP contribution in [0.15, 0.2) is 69.7 Å². The van der Waals surface area contributed by atoms with E-state index >= 15 is 0 Å². The van der Waals surface area contributed by atoms with E-state index in [0.29, 0.717) is 36.5 Å². The summed E-state index contributed by atoms with van der Waals surface area (Å²) >= 11 is 5.84. The van der Waals surface area contributed by atoms with Crippen LogP contribution in [-0.4, -0.2) is 5.78 Å². The van der Waals surface area contributed by atoms with E-state index in [-0.39, 0.29) is 17.2 Å². The Morgan fingerprint density at radius 1 is 1.23 bits per heavy atom. The molecule has 0 aromatic heterocycles. The fourth-order valence-corrected chi connectivity index (χ4v) is 4.62. The Kier molecular flexibility index (Phi) is 6.16. The van der Waals surface area contributed by atoms with Gasteiger partial charge in [0.05, 0.1) is 10.4 Å². The summed E-state index contributed by atoms with van der Waals surface area (Å²) in [7, 11) is 0. The summed E-state index contributed by atoms with van der Waals surface area (Å²) in [6.45, 7) is 0.441. The lowest BCUT2D eigenvalue weighted by atomic mass is 9.77. The Balaban J connectivity index is 1.64. The van der Waals surface area contributed by atoms with Gasteiger partial charge in [-0.15, -0.1) is 0 Å². The van der Waals surface area contributed by atoms with Gasteiger partial charge in [0.2, 0.25) is 5.88 Å². The Hall–Kier alpha value is -2.31. The number of carbonyl (C=O) groups excluding carboxylic acids is 1.